The summed E-state index contributed by atoms with van der Waals surface area (Å²) < 4.78 is 4.41. The Morgan fingerprint density at radius 2 is 1.06 bits per heavy atom. The van der Waals surface area contributed by atoms with Gasteiger partial charge in [0.1, 0.15) is 5.82 Å². The molecular weight excluding hydrogens is 683 g/mol. The highest BCUT2D eigenvalue weighted by Gasteiger charge is 2.16. The van der Waals surface area contributed by atoms with Crippen molar-refractivity contribution < 1.29 is 0 Å². The Morgan fingerprint density at radius 3 is 1.79 bits per heavy atom. The third kappa shape index (κ3) is 5.03. The van der Waals surface area contributed by atoms with Gasteiger partial charge in [0, 0.05) is 73.2 Å². The van der Waals surface area contributed by atoms with Gasteiger partial charge in [-0.1, -0.05) is 53.5 Å². The Bertz CT molecular complexity index is 2790. The molecule has 0 saturated heterocycles. The van der Waals surface area contributed by atoms with E-state index < -0.39 is 0 Å². The van der Waals surface area contributed by atoms with Crippen LogP contribution in [0.5, 0.6) is 0 Å². The van der Waals surface area contributed by atoms with Crippen LogP contribution in [0.4, 0.5) is 0 Å². The first-order valence-corrected chi connectivity index (χ1v) is 17.6. The molecule has 6 aromatic heterocycles. The highest BCUT2D eigenvalue weighted by Crippen LogP contribution is 2.36. The number of para-hydroxylation sites is 1. The summed E-state index contributed by atoms with van der Waals surface area (Å²) in [6.07, 6.45) is 9.14. The molecule has 0 N–H and O–H groups in total. The molecule has 8 heteroatoms. The number of halogens is 2. The molecule has 10 rings (SSSR count). The predicted molar refractivity (Wildman–Crippen MR) is 213 cm³/mol. The number of hydrogen-bond acceptors (Lipinski definition) is 4. The molecule has 0 atom stereocenters. The summed E-state index contributed by atoms with van der Waals surface area (Å²) in [5.41, 5.74) is 11.0. The molecule has 0 saturated carbocycles. The smallest absolute Gasteiger partial charge is 0.137 e. The first kappa shape index (κ1) is 30.5. The zero-order valence-electron chi connectivity index (χ0n) is 27.5. The lowest BCUT2D eigenvalue weighted by Gasteiger charge is -2.12. The van der Waals surface area contributed by atoms with Crippen molar-refractivity contribution in [2.24, 2.45) is 0 Å². The van der Waals surface area contributed by atoms with Crippen LogP contribution in [0, 0.1) is 0 Å². The molecule has 0 aliphatic carbocycles. The summed E-state index contributed by atoms with van der Waals surface area (Å²) in [5, 5.41) is 5.84. The number of nitrogens with zero attached hydrogens (tertiary/aromatic N) is 6. The minimum absolute atomic E-state index is 0.689. The highest BCUT2D eigenvalue weighted by molar-refractivity contribution is 6.32. The summed E-state index contributed by atoms with van der Waals surface area (Å²) >= 11 is 12.8. The lowest BCUT2D eigenvalue weighted by atomic mass is 10.0. The van der Waals surface area contributed by atoms with Crippen LogP contribution in [0.15, 0.2) is 158 Å². The van der Waals surface area contributed by atoms with E-state index in [-0.39, 0.29) is 0 Å². The van der Waals surface area contributed by atoms with Crippen LogP contribution < -0.4 is 0 Å². The molecule has 0 aliphatic heterocycles. The molecule has 0 aliphatic rings. The van der Waals surface area contributed by atoms with E-state index >= 15 is 0 Å². The molecule has 0 unspecified atom stereocenters. The van der Waals surface area contributed by atoms with Crippen molar-refractivity contribution in [2.75, 3.05) is 0 Å². The van der Waals surface area contributed by atoms with E-state index in [1.807, 2.05) is 67.0 Å². The average Bonchev–Trinajstić information content (AvgIpc) is 3.70. The Morgan fingerprint density at radius 1 is 0.423 bits per heavy atom. The van der Waals surface area contributed by atoms with Gasteiger partial charge < -0.3 is 4.57 Å². The van der Waals surface area contributed by atoms with Crippen LogP contribution in [-0.4, -0.2) is 29.1 Å². The number of aromatic nitrogens is 6. The Kier molecular flexibility index (Phi) is 7.13. The summed E-state index contributed by atoms with van der Waals surface area (Å²) in [7, 11) is 0. The van der Waals surface area contributed by atoms with Gasteiger partial charge in [-0.05, 0) is 108 Å². The van der Waals surface area contributed by atoms with Gasteiger partial charge in [0.15, 0.2) is 0 Å². The van der Waals surface area contributed by atoms with Gasteiger partial charge in [-0.25, -0.2) is 9.97 Å². The fraction of sp³-hybridized carbons (Fsp3) is 0. The van der Waals surface area contributed by atoms with E-state index in [2.05, 4.69) is 91.9 Å². The van der Waals surface area contributed by atoms with Gasteiger partial charge in [-0.15, -0.1) is 0 Å². The molecule has 6 nitrogen and oxygen atoms in total. The van der Waals surface area contributed by atoms with Gasteiger partial charge in [-0.2, -0.15) is 0 Å². The Hall–Kier alpha value is -6.34. The van der Waals surface area contributed by atoms with Gasteiger partial charge in [0.25, 0.3) is 0 Å². The highest BCUT2D eigenvalue weighted by atomic mass is 35.5. The van der Waals surface area contributed by atoms with Crippen LogP contribution in [0.2, 0.25) is 10.0 Å². The van der Waals surface area contributed by atoms with Crippen molar-refractivity contribution >= 4 is 66.8 Å². The van der Waals surface area contributed by atoms with Crippen LogP contribution in [0.3, 0.4) is 0 Å². The zero-order chi connectivity index (χ0) is 34.8. The largest absolute Gasteiger partial charge is 0.309 e. The van der Waals surface area contributed by atoms with E-state index in [4.69, 9.17) is 33.2 Å². The summed E-state index contributed by atoms with van der Waals surface area (Å²) in [6.45, 7) is 0. The van der Waals surface area contributed by atoms with Gasteiger partial charge >= 0.3 is 0 Å². The number of hydrogen-bond donors (Lipinski definition) is 0. The molecule has 0 spiro atoms. The molecule has 0 fully saturated rings. The maximum Gasteiger partial charge on any atom is 0.137 e. The van der Waals surface area contributed by atoms with Crippen molar-refractivity contribution in [1.29, 1.82) is 0 Å². The molecule has 0 bridgehead atoms. The SMILES string of the molecule is Clc1ccc2c(c1)c1ccccc1n2-c1ccc(-c2cc(-c3ccncc3)nc(-c3ccc(-n4c5ccc(Cl)cc5c5ccncc54)nc3)c2)cc1. The molecule has 4 aromatic carbocycles. The lowest BCUT2D eigenvalue weighted by molar-refractivity contribution is 1.07. The topological polar surface area (TPSA) is 61.4 Å². The van der Waals surface area contributed by atoms with E-state index in [0.717, 1.165) is 88.4 Å². The second-order valence-electron chi connectivity index (χ2n) is 12.7. The second kappa shape index (κ2) is 12.2. The number of rotatable bonds is 5. The van der Waals surface area contributed by atoms with E-state index in [1.165, 1.54) is 5.39 Å². The minimum Gasteiger partial charge on any atom is -0.309 e. The van der Waals surface area contributed by atoms with Gasteiger partial charge in [0.05, 0.1) is 39.7 Å². The molecule has 52 heavy (non-hydrogen) atoms. The van der Waals surface area contributed by atoms with E-state index in [0.29, 0.717) is 5.02 Å². The molecule has 6 heterocycles. The van der Waals surface area contributed by atoms with E-state index in [9.17, 15) is 0 Å². The summed E-state index contributed by atoms with van der Waals surface area (Å²) in [4.78, 5) is 18.7. The lowest BCUT2D eigenvalue weighted by Crippen LogP contribution is -1.98. The third-order valence-corrected chi connectivity index (χ3v) is 10.2. The van der Waals surface area contributed by atoms with Gasteiger partial charge in [0.2, 0.25) is 0 Å². The fourth-order valence-corrected chi connectivity index (χ4v) is 7.64. The summed E-state index contributed by atoms with van der Waals surface area (Å²) in [5.74, 6) is 0.785. The zero-order valence-corrected chi connectivity index (χ0v) is 29.0. The van der Waals surface area contributed by atoms with Crippen LogP contribution in [-0.2, 0) is 0 Å². The minimum atomic E-state index is 0.689. The van der Waals surface area contributed by atoms with Crippen molar-refractivity contribution in [2.45, 2.75) is 0 Å². The van der Waals surface area contributed by atoms with Crippen molar-refractivity contribution in [3.05, 3.63) is 168 Å². The first-order valence-electron chi connectivity index (χ1n) is 16.8. The fourth-order valence-electron chi connectivity index (χ4n) is 7.30. The molecular formula is C44H26Cl2N6. The molecule has 10 aromatic rings. The number of fused-ring (bicyclic) bond motifs is 6. The second-order valence-corrected chi connectivity index (χ2v) is 13.6. The maximum absolute atomic E-state index is 6.43. The third-order valence-electron chi connectivity index (χ3n) is 9.70. The molecule has 0 amide bonds. The van der Waals surface area contributed by atoms with Crippen molar-refractivity contribution in [3.63, 3.8) is 0 Å². The van der Waals surface area contributed by atoms with Crippen molar-refractivity contribution in [3.8, 4) is 45.1 Å². The normalized spacial score (nSPS) is 11.7. The molecule has 0 radical (unpaired) electrons. The Labute approximate surface area is 308 Å². The standard InChI is InChI=1S/C44H26Cl2N6/c45-31-8-12-41-36(23-31)34-3-1-2-4-40(34)51(41)33-10-5-27(6-11-33)30-21-38(28-15-18-47-19-16-28)50-39(22-30)29-7-14-44(49-25-29)52-42-13-9-32(46)24-37(42)35-17-20-48-26-43(35)52/h1-26H. The predicted octanol–water partition coefficient (Wildman–Crippen LogP) is 11.8. The monoisotopic (exact) mass is 708 g/mol. The quantitative estimate of drug-likeness (QED) is 0.178. The number of pyridine rings is 4. The van der Waals surface area contributed by atoms with Crippen LogP contribution in [0.1, 0.15) is 0 Å². The average molecular weight is 710 g/mol. The van der Waals surface area contributed by atoms with Gasteiger partial charge in [-0.3, -0.25) is 14.5 Å². The van der Waals surface area contributed by atoms with E-state index in [1.54, 1.807) is 18.6 Å². The maximum atomic E-state index is 6.43. The number of benzene rings is 4. The van der Waals surface area contributed by atoms with Crippen LogP contribution >= 0.6 is 23.2 Å². The summed E-state index contributed by atoms with van der Waals surface area (Å²) in [6, 6.07) is 43.5. The molecule has 246 valence electrons. The van der Waals surface area contributed by atoms with Crippen molar-refractivity contribution in [1.82, 2.24) is 29.1 Å². The Balaban J connectivity index is 1.07. The van der Waals surface area contributed by atoms with Crippen LogP contribution in [0.25, 0.3) is 88.8 Å². The first-order chi connectivity index (χ1) is 25.6.